The number of nitriles is 1. The third-order valence-corrected chi connectivity index (χ3v) is 6.97. The Hall–Kier alpha value is -3.11. The van der Waals surface area contributed by atoms with Crippen LogP contribution >= 0.6 is 11.8 Å². The van der Waals surface area contributed by atoms with Crippen molar-refractivity contribution in [3.63, 3.8) is 0 Å². The van der Waals surface area contributed by atoms with E-state index in [2.05, 4.69) is 30.0 Å². The van der Waals surface area contributed by atoms with Crippen LogP contribution in [0.2, 0.25) is 0 Å². The lowest BCUT2D eigenvalue weighted by atomic mass is 9.86. The van der Waals surface area contributed by atoms with Gasteiger partial charge in [0.25, 0.3) is 0 Å². The Kier molecular flexibility index (Phi) is 6.10. The van der Waals surface area contributed by atoms with Gasteiger partial charge in [-0.1, -0.05) is 43.0 Å². The van der Waals surface area contributed by atoms with Gasteiger partial charge in [-0.2, -0.15) is 5.26 Å². The van der Waals surface area contributed by atoms with Gasteiger partial charge in [0.1, 0.15) is 0 Å². The quantitative estimate of drug-likeness (QED) is 0.690. The zero-order valence-electron chi connectivity index (χ0n) is 17.9. The maximum atomic E-state index is 13.2. The summed E-state index contributed by atoms with van der Waals surface area (Å²) in [6.07, 6.45) is 1.19. The van der Waals surface area contributed by atoms with Crippen molar-refractivity contribution in [1.29, 1.82) is 5.26 Å². The molecule has 0 unspecified atom stereocenters. The highest BCUT2D eigenvalue weighted by molar-refractivity contribution is 8.03. The normalized spacial score (nSPS) is 18.5. The highest BCUT2D eigenvalue weighted by Crippen LogP contribution is 2.44. The van der Waals surface area contributed by atoms with E-state index < -0.39 is 0 Å². The number of thioether (sulfide) groups is 1. The minimum atomic E-state index is -0.287. The Morgan fingerprint density at radius 3 is 2.65 bits per heavy atom. The molecule has 2 aliphatic heterocycles. The van der Waals surface area contributed by atoms with Crippen LogP contribution in [0.25, 0.3) is 0 Å². The number of para-hydroxylation sites is 1. The van der Waals surface area contributed by atoms with E-state index in [1.807, 2.05) is 30.3 Å². The fourth-order valence-electron chi connectivity index (χ4n) is 4.19. The molecule has 2 aliphatic rings. The summed E-state index contributed by atoms with van der Waals surface area (Å²) in [6.45, 7) is 2.59. The minimum absolute atomic E-state index is 0.0277. The van der Waals surface area contributed by atoms with Gasteiger partial charge in [0.05, 0.1) is 43.4 Å². The van der Waals surface area contributed by atoms with Gasteiger partial charge in [0, 0.05) is 18.0 Å². The summed E-state index contributed by atoms with van der Waals surface area (Å²) in [6, 6.07) is 16.3. The molecule has 0 saturated carbocycles. The predicted octanol–water partition coefficient (Wildman–Crippen LogP) is 4.49. The molecular weight excluding hydrogens is 410 g/mol. The number of aryl methyl sites for hydroxylation is 1. The zero-order chi connectivity index (χ0) is 22.0. The summed E-state index contributed by atoms with van der Waals surface area (Å²) in [4.78, 5) is 17.1. The van der Waals surface area contributed by atoms with Crippen molar-refractivity contribution in [3.8, 4) is 17.6 Å². The van der Waals surface area contributed by atoms with E-state index in [9.17, 15) is 10.1 Å². The minimum Gasteiger partial charge on any atom is -0.493 e. The van der Waals surface area contributed by atoms with Gasteiger partial charge >= 0.3 is 0 Å². The third kappa shape index (κ3) is 3.84. The number of nitrogens with zero attached hydrogens (tertiary/aromatic N) is 3. The second kappa shape index (κ2) is 8.94. The number of hydrogen-bond donors (Lipinski definition) is 0. The lowest BCUT2D eigenvalue weighted by Crippen LogP contribution is -2.47. The van der Waals surface area contributed by atoms with Crippen LogP contribution in [-0.2, 0) is 11.2 Å². The number of anilines is 1. The van der Waals surface area contributed by atoms with E-state index >= 15 is 0 Å². The van der Waals surface area contributed by atoms with Crippen molar-refractivity contribution in [2.75, 3.05) is 31.7 Å². The van der Waals surface area contributed by atoms with E-state index in [1.54, 1.807) is 30.9 Å². The molecular formula is C24H25N3O3S. The number of rotatable bonds is 5. The molecule has 1 atom stereocenters. The van der Waals surface area contributed by atoms with Crippen LogP contribution < -0.4 is 14.4 Å². The second-order valence-electron chi connectivity index (χ2n) is 7.46. The Morgan fingerprint density at radius 2 is 1.94 bits per heavy atom. The molecule has 31 heavy (non-hydrogen) atoms. The number of benzene rings is 2. The van der Waals surface area contributed by atoms with Gasteiger partial charge in [-0.25, -0.2) is 0 Å². The number of allylic oxidation sites excluding steroid dienone is 1. The Bertz CT molecular complexity index is 1080. The topological polar surface area (TPSA) is 65.8 Å². The molecule has 1 fully saturated rings. The maximum Gasteiger partial charge on any atom is 0.229 e. The number of fused-ring (bicyclic) bond motifs is 1. The molecule has 2 heterocycles. The zero-order valence-corrected chi connectivity index (χ0v) is 18.7. The molecule has 1 saturated heterocycles. The standard InChI is InChI=1S/C24H25N3O3S/c1-4-16-7-5-6-8-20(16)26-14-27-23(28)12-18(19(13-25)24(27)31-15-26)17-9-10-21(29-2)22(11-17)30-3/h5-11,18H,4,12,14-15H2,1-3H3/t18-/m0/s1. The van der Waals surface area contributed by atoms with Gasteiger partial charge in [0.15, 0.2) is 11.5 Å². The number of carbonyl (C=O) groups excluding carboxylic acids is 1. The summed E-state index contributed by atoms with van der Waals surface area (Å²) in [5.74, 6) is 1.65. The van der Waals surface area contributed by atoms with E-state index in [0.29, 0.717) is 29.6 Å². The first-order valence-electron chi connectivity index (χ1n) is 10.2. The van der Waals surface area contributed by atoms with E-state index in [4.69, 9.17) is 9.47 Å². The number of hydrogen-bond acceptors (Lipinski definition) is 6. The molecule has 160 valence electrons. The molecule has 0 N–H and O–H groups in total. The molecule has 0 aliphatic carbocycles. The molecule has 4 rings (SSSR count). The lowest BCUT2D eigenvalue weighted by Gasteiger charge is -2.42. The third-order valence-electron chi connectivity index (χ3n) is 5.82. The van der Waals surface area contributed by atoms with Crippen molar-refractivity contribution < 1.29 is 14.3 Å². The molecule has 0 bridgehead atoms. The van der Waals surface area contributed by atoms with Crippen LogP contribution in [0, 0.1) is 11.3 Å². The van der Waals surface area contributed by atoms with Crippen LogP contribution in [0.1, 0.15) is 30.4 Å². The average molecular weight is 436 g/mol. The largest absolute Gasteiger partial charge is 0.493 e. The Balaban J connectivity index is 1.68. The molecule has 0 spiro atoms. The van der Waals surface area contributed by atoms with Crippen molar-refractivity contribution >= 4 is 23.4 Å². The molecule has 7 heteroatoms. The van der Waals surface area contributed by atoms with Gasteiger partial charge in [-0.3, -0.25) is 9.69 Å². The molecule has 1 amide bonds. The smallest absolute Gasteiger partial charge is 0.229 e. The summed E-state index contributed by atoms with van der Waals surface area (Å²) in [5.41, 5.74) is 3.92. The van der Waals surface area contributed by atoms with Crippen molar-refractivity contribution in [2.24, 2.45) is 0 Å². The average Bonchev–Trinajstić information content (AvgIpc) is 2.83. The summed E-state index contributed by atoms with van der Waals surface area (Å²) >= 11 is 1.55. The van der Waals surface area contributed by atoms with Gasteiger partial charge in [-0.15, -0.1) is 0 Å². The maximum absolute atomic E-state index is 13.2. The van der Waals surface area contributed by atoms with E-state index in [0.717, 1.165) is 22.7 Å². The van der Waals surface area contributed by atoms with Gasteiger partial charge in [0.2, 0.25) is 5.91 Å². The van der Waals surface area contributed by atoms with Crippen LogP contribution in [0.3, 0.4) is 0 Å². The molecule has 0 aromatic heterocycles. The lowest BCUT2D eigenvalue weighted by molar-refractivity contribution is -0.129. The molecule has 0 radical (unpaired) electrons. The monoisotopic (exact) mass is 435 g/mol. The first kappa shape index (κ1) is 21.1. The molecule has 2 aromatic rings. The first-order valence-corrected chi connectivity index (χ1v) is 11.2. The fraction of sp³-hybridized carbons (Fsp3) is 0.333. The van der Waals surface area contributed by atoms with Gasteiger partial charge < -0.3 is 14.4 Å². The first-order chi connectivity index (χ1) is 15.1. The summed E-state index contributed by atoms with van der Waals surface area (Å²) in [7, 11) is 3.17. The number of amides is 1. The van der Waals surface area contributed by atoms with E-state index in [1.165, 1.54) is 5.56 Å². The SMILES string of the molecule is CCc1ccccc1N1CSC2=C(C#N)[C@H](c3ccc(OC)c(OC)c3)CC(=O)N2C1. The van der Waals surface area contributed by atoms with Crippen molar-refractivity contribution in [2.45, 2.75) is 25.7 Å². The van der Waals surface area contributed by atoms with Gasteiger partial charge in [-0.05, 0) is 35.7 Å². The molecule has 2 aromatic carbocycles. The predicted molar refractivity (Wildman–Crippen MR) is 122 cm³/mol. The number of ether oxygens (including phenoxy) is 2. The second-order valence-corrected chi connectivity index (χ2v) is 8.39. The summed E-state index contributed by atoms with van der Waals surface area (Å²) in [5, 5.41) is 10.8. The van der Waals surface area contributed by atoms with Crippen LogP contribution in [0.15, 0.2) is 53.1 Å². The van der Waals surface area contributed by atoms with E-state index in [-0.39, 0.29) is 18.2 Å². The van der Waals surface area contributed by atoms with Crippen LogP contribution in [0.5, 0.6) is 11.5 Å². The Morgan fingerprint density at radius 1 is 1.16 bits per heavy atom. The van der Waals surface area contributed by atoms with Crippen LogP contribution in [-0.4, -0.2) is 37.6 Å². The molecule has 6 nitrogen and oxygen atoms in total. The summed E-state index contributed by atoms with van der Waals surface area (Å²) < 4.78 is 10.7. The highest BCUT2D eigenvalue weighted by Gasteiger charge is 2.38. The fourth-order valence-corrected chi connectivity index (χ4v) is 5.35. The highest BCUT2D eigenvalue weighted by atomic mass is 32.2. The van der Waals surface area contributed by atoms with Crippen molar-refractivity contribution in [3.05, 3.63) is 64.2 Å². The Labute approximate surface area is 187 Å². The van der Waals surface area contributed by atoms with Crippen LogP contribution in [0.4, 0.5) is 5.69 Å². The van der Waals surface area contributed by atoms with Crippen molar-refractivity contribution in [1.82, 2.24) is 4.90 Å². The number of carbonyl (C=O) groups is 1. The number of methoxy groups -OCH3 is 2.